The van der Waals surface area contributed by atoms with Crippen molar-refractivity contribution in [2.24, 2.45) is 5.92 Å². The normalized spacial score (nSPS) is 22.7. The molecular weight excluding hydrogens is 256 g/mol. The van der Waals surface area contributed by atoms with E-state index in [0.29, 0.717) is 6.04 Å². The number of anilines is 1. The van der Waals surface area contributed by atoms with Gasteiger partial charge in [-0.1, -0.05) is 31.5 Å². The molecule has 0 bridgehead atoms. The Morgan fingerprint density at radius 2 is 1.67 bits per heavy atom. The van der Waals surface area contributed by atoms with Crippen molar-refractivity contribution in [3.63, 3.8) is 0 Å². The average molecular weight is 288 g/mol. The zero-order chi connectivity index (χ0) is 15.5. The third kappa shape index (κ3) is 4.74. The Morgan fingerprint density at radius 1 is 1.10 bits per heavy atom. The number of nitrogens with one attached hydrogen (secondary N) is 2. The first kappa shape index (κ1) is 16.4. The van der Waals surface area contributed by atoms with Crippen molar-refractivity contribution in [3.05, 3.63) is 30.3 Å². The minimum absolute atomic E-state index is 0.219. The predicted molar refractivity (Wildman–Crippen MR) is 92.8 cm³/mol. The van der Waals surface area contributed by atoms with E-state index in [9.17, 15) is 0 Å². The SMILES string of the molecule is CCCC(Nc1ccccc1)C1CC(C)(C)NC(C)(C)C1. The van der Waals surface area contributed by atoms with E-state index in [-0.39, 0.29) is 11.1 Å². The fraction of sp³-hybridized carbons (Fsp3) is 0.684. The first-order valence-corrected chi connectivity index (χ1v) is 8.42. The van der Waals surface area contributed by atoms with Gasteiger partial charge in [-0.2, -0.15) is 0 Å². The Kier molecular flexibility index (Phi) is 4.98. The van der Waals surface area contributed by atoms with E-state index < -0.39 is 0 Å². The summed E-state index contributed by atoms with van der Waals surface area (Å²) in [5, 5.41) is 7.59. The van der Waals surface area contributed by atoms with Crippen molar-refractivity contribution in [1.29, 1.82) is 0 Å². The van der Waals surface area contributed by atoms with Crippen molar-refractivity contribution in [1.82, 2.24) is 5.32 Å². The van der Waals surface area contributed by atoms with Crippen LogP contribution in [0.3, 0.4) is 0 Å². The van der Waals surface area contributed by atoms with E-state index in [0.717, 1.165) is 5.92 Å². The summed E-state index contributed by atoms with van der Waals surface area (Å²) in [6.45, 7) is 11.6. The smallest absolute Gasteiger partial charge is 0.0342 e. The Morgan fingerprint density at radius 3 is 2.19 bits per heavy atom. The van der Waals surface area contributed by atoms with Crippen LogP contribution in [0.4, 0.5) is 5.69 Å². The molecule has 2 N–H and O–H groups in total. The van der Waals surface area contributed by atoms with Crippen LogP contribution in [-0.2, 0) is 0 Å². The standard InChI is InChI=1S/C19H32N2/c1-6-10-17(20-16-11-8-7-9-12-16)15-13-18(2,3)21-19(4,5)14-15/h7-9,11-12,15,17,20-21H,6,10,13-14H2,1-5H3. The maximum atomic E-state index is 3.80. The molecular formula is C19H32N2. The lowest BCUT2D eigenvalue weighted by molar-refractivity contribution is 0.115. The van der Waals surface area contributed by atoms with Crippen LogP contribution in [0.5, 0.6) is 0 Å². The van der Waals surface area contributed by atoms with E-state index in [1.54, 1.807) is 0 Å². The second-order valence-electron chi connectivity index (χ2n) is 7.97. The highest BCUT2D eigenvalue weighted by Crippen LogP contribution is 2.36. The van der Waals surface area contributed by atoms with Gasteiger partial charge in [-0.3, -0.25) is 0 Å². The van der Waals surface area contributed by atoms with Crippen LogP contribution < -0.4 is 10.6 Å². The molecule has 2 nitrogen and oxygen atoms in total. The van der Waals surface area contributed by atoms with Crippen LogP contribution in [-0.4, -0.2) is 17.1 Å². The summed E-state index contributed by atoms with van der Waals surface area (Å²) in [4.78, 5) is 0. The van der Waals surface area contributed by atoms with Gasteiger partial charge in [0.2, 0.25) is 0 Å². The number of hydrogen-bond donors (Lipinski definition) is 2. The Labute approximate surface area is 130 Å². The molecule has 2 rings (SSSR count). The van der Waals surface area contributed by atoms with Gasteiger partial charge in [-0.25, -0.2) is 0 Å². The molecule has 1 aromatic carbocycles. The number of benzene rings is 1. The molecule has 21 heavy (non-hydrogen) atoms. The van der Waals surface area contributed by atoms with Crippen LogP contribution in [0.15, 0.2) is 30.3 Å². The zero-order valence-electron chi connectivity index (χ0n) is 14.4. The predicted octanol–water partition coefficient (Wildman–Crippen LogP) is 4.82. The second-order valence-corrected chi connectivity index (χ2v) is 7.97. The number of para-hydroxylation sites is 1. The second kappa shape index (κ2) is 6.39. The molecule has 1 aliphatic heterocycles. The zero-order valence-corrected chi connectivity index (χ0v) is 14.4. The highest BCUT2D eigenvalue weighted by Gasteiger charge is 2.40. The molecule has 1 unspecified atom stereocenters. The molecule has 0 radical (unpaired) electrons. The molecule has 118 valence electrons. The molecule has 0 spiro atoms. The van der Waals surface area contributed by atoms with Gasteiger partial charge in [0.25, 0.3) is 0 Å². The first-order chi connectivity index (χ1) is 9.81. The van der Waals surface area contributed by atoms with Gasteiger partial charge in [0.05, 0.1) is 0 Å². The molecule has 0 amide bonds. The summed E-state index contributed by atoms with van der Waals surface area (Å²) in [6, 6.07) is 11.2. The largest absolute Gasteiger partial charge is 0.382 e. The van der Waals surface area contributed by atoms with Crippen molar-refractivity contribution >= 4 is 5.69 Å². The molecule has 1 heterocycles. The van der Waals surface area contributed by atoms with Gasteiger partial charge >= 0.3 is 0 Å². The van der Waals surface area contributed by atoms with Gasteiger partial charge in [-0.15, -0.1) is 0 Å². The number of hydrogen-bond acceptors (Lipinski definition) is 2. The molecule has 0 aromatic heterocycles. The van der Waals surface area contributed by atoms with Crippen LogP contribution >= 0.6 is 0 Å². The molecule has 0 aliphatic carbocycles. The third-order valence-corrected chi connectivity index (χ3v) is 4.52. The molecule has 0 saturated carbocycles. The minimum atomic E-state index is 0.219. The Hall–Kier alpha value is -1.02. The van der Waals surface area contributed by atoms with Gasteiger partial charge in [-0.05, 0) is 65.0 Å². The lowest BCUT2D eigenvalue weighted by Gasteiger charge is -2.49. The number of piperidine rings is 1. The minimum Gasteiger partial charge on any atom is -0.382 e. The Bertz CT molecular complexity index is 420. The van der Waals surface area contributed by atoms with Crippen LogP contribution in [0.25, 0.3) is 0 Å². The van der Waals surface area contributed by atoms with Crippen LogP contribution in [0, 0.1) is 5.92 Å². The topological polar surface area (TPSA) is 24.1 Å². The summed E-state index contributed by atoms with van der Waals surface area (Å²) in [7, 11) is 0. The van der Waals surface area contributed by atoms with Gasteiger partial charge < -0.3 is 10.6 Å². The Balaban J connectivity index is 2.13. The summed E-state index contributed by atoms with van der Waals surface area (Å²) in [5.41, 5.74) is 1.69. The first-order valence-electron chi connectivity index (χ1n) is 8.42. The van der Waals surface area contributed by atoms with Crippen molar-refractivity contribution < 1.29 is 0 Å². The average Bonchev–Trinajstić information content (AvgIpc) is 2.36. The fourth-order valence-corrected chi connectivity index (χ4v) is 4.17. The summed E-state index contributed by atoms with van der Waals surface area (Å²) in [6.07, 6.45) is 4.95. The van der Waals surface area contributed by atoms with Gasteiger partial charge in [0.1, 0.15) is 0 Å². The molecule has 1 aliphatic rings. The molecule has 2 heteroatoms. The number of rotatable bonds is 5. The van der Waals surface area contributed by atoms with E-state index >= 15 is 0 Å². The monoisotopic (exact) mass is 288 g/mol. The van der Waals surface area contributed by atoms with E-state index in [1.807, 2.05) is 0 Å². The van der Waals surface area contributed by atoms with E-state index in [2.05, 4.69) is 75.6 Å². The highest BCUT2D eigenvalue weighted by atomic mass is 15.1. The van der Waals surface area contributed by atoms with Crippen molar-refractivity contribution in [2.45, 2.75) is 77.4 Å². The fourth-order valence-electron chi connectivity index (χ4n) is 4.17. The van der Waals surface area contributed by atoms with Crippen LogP contribution in [0.2, 0.25) is 0 Å². The van der Waals surface area contributed by atoms with Crippen LogP contribution in [0.1, 0.15) is 60.3 Å². The van der Waals surface area contributed by atoms with Gasteiger partial charge in [0, 0.05) is 22.8 Å². The summed E-state index contributed by atoms with van der Waals surface area (Å²) >= 11 is 0. The molecule has 1 atom stereocenters. The maximum absolute atomic E-state index is 3.80. The lowest BCUT2D eigenvalue weighted by Crippen LogP contribution is -2.59. The summed E-state index contributed by atoms with van der Waals surface area (Å²) < 4.78 is 0. The third-order valence-electron chi connectivity index (χ3n) is 4.52. The molecule has 1 fully saturated rings. The van der Waals surface area contributed by atoms with Crippen molar-refractivity contribution in [3.8, 4) is 0 Å². The van der Waals surface area contributed by atoms with Crippen molar-refractivity contribution in [2.75, 3.05) is 5.32 Å². The highest BCUT2D eigenvalue weighted by molar-refractivity contribution is 5.43. The van der Waals surface area contributed by atoms with E-state index in [4.69, 9.17) is 0 Å². The molecule has 1 aromatic rings. The van der Waals surface area contributed by atoms with Gasteiger partial charge in [0.15, 0.2) is 0 Å². The van der Waals surface area contributed by atoms with E-state index in [1.165, 1.54) is 31.4 Å². The quantitative estimate of drug-likeness (QED) is 0.811. The lowest BCUT2D eigenvalue weighted by atomic mass is 9.72. The summed E-state index contributed by atoms with van der Waals surface area (Å²) in [5.74, 6) is 0.719. The maximum Gasteiger partial charge on any atom is 0.0342 e. The molecule has 1 saturated heterocycles.